The van der Waals surface area contributed by atoms with E-state index < -0.39 is 11.6 Å². The Morgan fingerprint density at radius 1 is 1.60 bits per heavy atom. The van der Waals surface area contributed by atoms with E-state index in [1.807, 2.05) is 33.8 Å². The first-order chi connectivity index (χ1) is 9.22. The number of carbonyl (C=O) groups is 1. The predicted octanol–water partition coefficient (Wildman–Crippen LogP) is 3.60. The van der Waals surface area contributed by atoms with Gasteiger partial charge < -0.3 is 15.2 Å². The molecule has 0 fully saturated rings. The number of aryl methyl sites for hydroxylation is 1. The summed E-state index contributed by atoms with van der Waals surface area (Å²) >= 11 is 3.34. The van der Waals surface area contributed by atoms with Crippen molar-refractivity contribution in [1.82, 2.24) is 10.3 Å². The summed E-state index contributed by atoms with van der Waals surface area (Å²) in [6, 6.07) is 1.91. The van der Waals surface area contributed by atoms with Gasteiger partial charge in [-0.1, -0.05) is 13.8 Å². The summed E-state index contributed by atoms with van der Waals surface area (Å²) in [5.74, 6) is 0.879. The Kier molecular flexibility index (Phi) is 5.80. The largest absolute Gasteiger partial charge is 0.475 e. The van der Waals surface area contributed by atoms with Crippen molar-refractivity contribution >= 4 is 22.0 Å². The second-order valence-electron chi connectivity index (χ2n) is 5.65. The molecule has 0 aliphatic heterocycles. The van der Waals surface area contributed by atoms with Crippen molar-refractivity contribution in [3.8, 4) is 5.88 Å². The third-order valence-corrected chi connectivity index (χ3v) is 3.23. The van der Waals surface area contributed by atoms with Gasteiger partial charge in [-0.15, -0.1) is 0 Å². The maximum atomic E-state index is 10.9. The van der Waals surface area contributed by atoms with Gasteiger partial charge in [-0.2, -0.15) is 0 Å². The van der Waals surface area contributed by atoms with Gasteiger partial charge in [0.1, 0.15) is 6.61 Å². The highest BCUT2D eigenvalue weighted by atomic mass is 79.9. The van der Waals surface area contributed by atoms with E-state index in [4.69, 9.17) is 9.84 Å². The highest BCUT2D eigenvalue weighted by Gasteiger charge is 2.29. The molecule has 2 N–H and O–H groups in total. The lowest BCUT2D eigenvalue weighted by Gasteiger charge is -2.31. The van der Waals surface area contributed by atoms with Crippen LogP contribution < -0.4 is 10.1 Å². The lowest BCUT2D eigenvalue weighted by Crippen LogP contribution is -2.50. The molecule has 1 aromatic rings. The third kappa shape index (κ3) is 5.36. The summed E-state index contributed by atoms with van der Waals surface area (Å²) in [6.45, 7) is 8.08. The molecule has 0 spiro atoms. The van der Waals surface area contributed by atoms with Crippen LogP contribution in [0.15, 0.2) is 16.7 Å². The van der Waals surface area contributed by atoms with Crippen molar-refractivity contribution in [2.75, 3.05) is 6.61 Å². The average molecular weight is 345 g/mol. The van der Waals surface area contributed by atoms with Crippen LogP contribution in [-0.2, 0) is 0 Å². The van der Waals surface area contributed by atoms with Crippen LogP contribution in [0, 0.1) is 12.8 Å². The minimum absolute atomic E-state index is 0.243. The molecule has 20 heavy (non-hydrogen) atoms. The minimum Gasteiger partial charge on any atom is -0.475 e. The van der Waals surface area contributed by atoms with Crippen LogP contribution >= 0.6 is 15.9 Å². The third-order valence-electron chi connectivity index (χ3n) is 2.79. The highest BCUT2D eigenvalue weighted by molar-refractivity contribution is 9.10. The standard InChI is InChI=1S/C14H21BrN2O3/c1-9(2)6-14(4,17-13(18)19)8-20-12-10(3)5-11(15)7-16-12/h5,7,9,17H,6,8H2,1-4H3,(H,18,19). The van der Waals surface area contributed by atoms with Crippen molar-refractivity contribution in [3.05, 3.63) is 22.3 Å². The Morgan fingerprint density at radius 2 is 2.25 bits per heavy atom. The molecule has 1 amide bonds. The first-order valence-corrected chi connectivity index (χ1v) is 7.27. The minimum atomic E-state index is -1.04. The Balaban J connectivity index is 2.77. The molecule has 5 nitrogen and oxygen atoms in total. The van der Waals surface area contributed by atoms with E-state index in [2.05, 4.69) is 26.2 Å². The van der Waals surface area contributed by atoms with Crippen LogP contribution in [-0.4, -0.2) is 28.3 Å². The zero-order valence-corrected chi connectivity index (χ0v) is 13.8. The molecule has 0 bridgehead atoms. The molecule has 0 saturated heterocycles. The predicted molar refractivity (Wildman–Crippen MR) is 81.2 cm³/mol. The molecule has 1 aromatic heterocycles. The fraction of sp³-hybridized carbons (Fsp3) is 0.571. The quantitative estimate of drug-likeness (QED) is 0.826. The number of nitrogens with one attached hydrogen (secondary N) is 1. The second-order valence-corrected chi connectivity index (χ2v) is 6.57. The number of nitrogens with zero attached hydrogens (tertiary/aromatic N) is 1. The van der Waals surface area contributed by atoms with E-state index in [-0.39, 0.29) is 6.61 Å². The maximum Gasteiger partial charge on any atom is 0.405 e. The van der Waals surface area contributed by atoms with E-state index in [1.165, 1.54) is 0 Å². The van der Waals surface area contributed by atoms with Crippen LogP contribution in [0.25, 0.3) is 0 Å². The summed E-state index contributed by atoms with van der Waals surface area (Å²) in [4.78, 5) is 15.1. The number of ether oxygens (including phenoxy) is 1. The summed E-state index contributed by atoms with van der Waals surface area (Å²) in [6.07, 6.45) is 1.30. The molecule has 1 unspecified atom stereocenters. The van der Waals surface area contributed by atoms with Gasteiger partial charge in [0.2, 0.25) is 5.88 Å². The molecular formula is C14H21BrN2O3. The van der Waals surface area contributed by atoms with Crippen molar-refractivity contribution in [3.63, 3.8) is 0 Å². The normalized spacial score (nSPS) is 13.9. The lowest BCUT2D eigenvalue weighted by molar-refractivity contribution is 0.140. The lowest BCUT2D eigenvalue weighted by atomic mass is 9.91. The number of rotatable bonds is 6. The SMILES string of the molecule is Cc1cc(Br)cnc1OCC(C)(CC(C)C)NC(=O)O. The van der Waals surface area contributed by atoms with E-state index >= 15 is 0 Å². The first-order valence-electron chi connectivity index (χ1n) is 6.48. The number of halogens is 1. The maximum absolute atomic E-state index is 10.9. The number of aromatic nitrogens is 1. The molecule has 0 aliphatic carbocycles. The van der Waals surface area contributed by atoms with Gasteiger partial charge in [0.25, 0.3) is 0 Å². The molecule has 1 atom stereocenters. The first kappa shape index (κ1) is 16.8. The Labute approximate surface area is 127 Å². The molecule has 0 aliphatic rings. The highest BCUT2D eigenvalue weighted by Crippen LogP contribution is 2.22. The molecule has 112 valence electrons. The number of carboxylic acid groups (broad SMARTS) is 1. The van der Waals surface area contributed by atoms with Gasteiger partial charge in [-0.05, 0) is 48.2 Å². The van der Waals surface area contributed by atoms with Crippen molar-refractivity contribution in [1.29, 1.82) is 0 Å². The zero-order chi connectivity index (χ0) is 15.3. The van der Waals surface area contributed by atoms with Crippen LogP contribution in [0.2, 0.25) is 0 Å². The van der Waals surface area contributed by atoms with Crippen molar-refractivity contribution in [2.24, 2.45) is 5.92 Å². The molecule has 1 rings (SSSR count). The summed E-state index contributed by atoms with van der Waals surface area (Å²) in [5.41, 5.74) is 0.267. The smallest absolute Gasteiger partial charge is 0.405 e. The van der Waals surface area contributed by atoms with E-state index in [9.17, 15) is 4.79 Å². The summed E-state index contributed by atoms with van der Waals surface area (Å²) in [7, 11) is 0. The zero-order valence-electron chi connectivity index (χ0n) is 12.2. The number of amides is 1. The molecule has 0 aromatic carbocycles. The van der Waals surface area contributed by atoms with Crippen molar-refractivity contribution < 1.29 is 14.6 Å². The average Bonchev–Trinajstić information content (AvgIpc) is 2.25. The van der Waals surface area contributed by atoms with Crippen LogP contribution in [0.5, 0.6) is 5.88 Å². The fourth-order valence-corrected chi connectivity index (χ4v) is 2.66. The molecule has 1 heterocycles. The number of pyridine rings is 1. The van der Waals surface area contributed by atoms with E-state index in [1.54, 1.807) is 6.20 Å². The van der Waals surface area contributed by atoms with Crippen molar-refractivity contribution in [2.45, 2.75) is 39.7 Å². The molecule has 0 saturated carbocycles. The van der Waals surface area contributed by atoms with Crippen LogP contribution in [0.1, 0.15) is 32.8 Å². The number of hydrogen-bond acceptors (Lipinski definition) is 3. The van der Waals surface area contributed by atoms with Gasteiger partial charge in [0.15, 0.2) is 0 Å². The summed E-state index contributed by atoms with van der Waals surface area (Å²) in [5, 5.41) is 11.5. The van der Waals surface area contributed by atoms with Crippen LogP contribution in [0.3, 0.4) is 0 Å². The topological polar surface area (TPSA) is 71.5 Å². The fourth-order valence-electron chi connectivity index (χ4n) is 2.21. The van der Waals surface area contributed by atoms with Crippen LogP contribution in [0.4, 0.5) is 4.79 Å². The summed E-state index contributed by atoms with van der Waals surface area (Å²) < 4.78 is 6.59. The molecule has 6 heteroatoms. The Morgan fingerprint density at radius 3 is 2.75 bits per heavy atom. The molecule has 0 radical (unpaired) electrons. The van der Waals surface area contributed by atoms with E-state index in [0.717, 1.165) is 10.0 Å². The van der Waals surface area contributed by atoms with Gasteiger partial charge in [0, 0.05) is 16.2 Å². The van der Waals surface area contributed by atoms with E-state index in [0.29, 0.717) is 18.2 Å². The molecular weight excluding hydrogens is 324 g/mol. The number of hydrogen-bond donors (Lipinski definition) is 2. The Bertz CT molecular complexity index is 479. The monoisotopic (exact) mass is 344 g/mol. The van der Waals surface area contributed by atoms with Gasteiger partial charge in [0.05, 0.1) is 5.54 Å². The second kappa shape index (κ2) is 6.92. The Hall–Kier alpha value is -1.30. The van der Waals surface area contributed by atoms with Gasteiger partial charge in [-0.3, -0.25) is 0 Å². The van der Waals surface area contributed by atoms with Gasteiger partial charge in [-0.25, -0.2) is 9.78 Å². The van der Waals surface area contributed by atoms with Gasteiger partial charge >= 0.3 is 6.09 Å².